The van der Waals surface area contributed by atoms with Crippen molar-refractivity contribution >= 4 is 22.4 Å². The van der Waals surface area contributed by atoms with Crippen molar-refractivity contribution in [1.29, 1.82) is 0 Å². The topological polar surface area (TPSA) is 64.1 Å². The van der Waals surface area contributed by atoms with Crippen molar-refractivity contribution in [1.82, 2.24) is 10.2 Å². The van der Waals surface area contributed by atoms with E-state index in [2.05, 4.69) is 22.4 Å². The second kappa shape index (κ2) is 6.22. The first-order valence-corrected chi connectivity index (χ1v) is 7.92. The van der Waals surface area contributed by atoms with E-state index >= 15 is 0 Å². The molecule has 21 heavy (non-hydrogen) atoms. The van der Waals surface area contributed by atoms with Gasteiger partial charge < -0.3 is 4.74 Å². The van der Waals surface area contributed by atoms with Gasteiger partial charge >= 0.3 is 0 Å². The largest absolute Gasteiger partial charge is 0.483 e. The third kappa shape index (κ3) is 3.58. The summed E-state index contributed by atoms with van der Waals surface area (Å²) in [5.74, 6) is 1.10. The van der Waals surface area contributed by atoms with Crippen molar-refractivity contribution in [3.05, 3.63) is 34.8 Å². The van der Waals surface area contributed by atoms with Crippen LogP contribution in [0.15, 0.2) is 24.3 Å². The van der Waals surface area contributed by atoms with Crippen LogP contribution in [0.5, 0.6) is 5.75 Å². The normalized spacial score (nSPS) is 14.0. The summed E-state index contributed by atoms with van der Waals surface area (Å²) in [6, 6.07) is 7.74. The molecule has 0 bridgehead atoms. The minimum absolute atomic E-state index is 0.0185. The van der Waals surface area contributed by atoms with Gasteiger partial charge in [-0.1, -0.05) is 36.5 Å². The van der Waals surface area contributed by atoms with Gasteiger partial charge in [0.15, 0.2) is 6.61 Å². The van der Waals surface area contributed by atoms with Crippen LogP contribution < -0.4 is 10.1 Å². The number of ether oxygens (including phenoxy) is 1. The Kier molecular flexibility index (Phi) is 4.15. The SMILES string of the molecule is CCc1ccccc1OCC(=O)Nc1nnc(C2CC2)s1. The molecule has 1 aromatic heterocycles. The number of hydrogen-bond acceptors (Lipinski definition) is 5. The highest BCUT2D eigenvalue weighted by atomic mass is 32.1. The molecule has 0 unspecified atom stereocenters. The summed E-state index contributed by atoms with van der Waals surface area (Å²) in [5.41, 5.74) is 1.09. The summed E-state index contributed by atoms with van der Waals surface area (Å²) in [6.07, 6.45) is 3.23. The Balaban J connectivity index is 1.53. The van der Waals surface area contributed by atoms with Crippen LogP contribution >= 0.6 is 11.3 Å². The van der Waals surface area contributed by atoms with E-state index in [4.69, 9.17) is 4.74 Å². The molecule has 110 valence electrons. The lowest BCUT2D eigenvalue weighted by Crippen LogP contribution is -2.20. The third-order valence-electron chi connectivity index (χ3n) is 3.33. The van der Waals surface area contributed by atoms with Crippen LogP contribution in [0.1, 0.15) is 36.3 Å². The number of hydrogen-bond donors (Lipinski definition) is 1. The molecule has 0 saturated heterocycles. The van der Waals surface area contributed by atoms with Crippen LogP contribution in [0.2, 0.25) is 0 Å². The molecule has 0 radical (unpaired) electrons. The molecule has 6 heteroatoms. The van der Waals surface area contributed by atoms with Gasteiger partial charge in [-0.3, -0.25) is 10.1 Å². The van der Waals surface area contributed by atoms with Crippen LogP contribution in [0.3, 0.4) is 0 Å². The molecule has 5 nitrogen and oxygen atoms in total. The molecular weight excluding hydrogens is 286 g/mol. The van der Waals surface area contributed by atoms with Crippen molar-refractivity contribution in [3.8, 4) is 5.75 Å². The van der Waals surface area contributed by atoms with Crippen molar-refractivity contribution in [2.45, 2.75) is 32.1 Å². The number of carbonyl (C=O) groups excluding carboxylic acids is 1. The molecule has 1 N–H and O–H groups in total. The number of rotatable bonds is 6. The molecule has 1 aromatic carbocycles. The first-order valence-electron chi connectivity index (χ1n) is 7.10. The van der Waals surface area contributed by atoms with Gasteiger partial charge in [0.25, 0.3) is 5.91 Å². The summed E-state index contributed by atoms with van der Waals surface area (Å²) in [5, 5.41) is 12.4. The number of anilines is 1. The fraction of sp³-hybridized carbons (Fsp3) is 0.400. The Bertz CT molecular complexity index is 637. The molecule has 1 fully saturated rings. The summed E-state index contributed by atoms with van der Waals surface area (Å²) >= 11 is 1.45. The van der Waals surface area contributed by atoms with E-state index in [1.807, 2.05) is 24.3 Å². The maximum absolute atomic E-state index is 11.9. The number of nitrogens with zero attached hydrogens (tertiary/aromatic N) is 2. The Labute approximate surface area is 127 Å². The highest BCUT2D eigenvalue weighted by Crippen LogP contribution is 2.41. The minimum atomic E-state index is -0.209. The molecule has 1 amide bonds. The fourth-order valence-corrected chi connectivity index (χ4v) is 2.94. The van der Waals surface area contributed by atoms with Crippen LogP contribution in [0.4, 0.5) is 5.13 Å². The van der Waals surface area contributed by atoms with E-state index in [9.17, 15) is 4.79 Å². The van der Waals surface area contributed by atoms with Gasteiger partial charge in [0.05, 0.1) is 0 Å². The number of benzene rings is 1. The number of amides is 1. The van der Waals surface area contributed by atoms with E-state index < -0.39 is 0 Å². The van der Waals surface area contributed by atoms with Crippen LogP contribution in [0.25, 0.3) is 0 Å². The number of nitrogens with one attached hydrogen (secondary N) is 1. The van der Waals surface area contributed by atoms with Crippen molar-refractivity contribution in [2.24, 2.45) is 0 Å². The average molecular weight is 303 g/mol. The zero-order valence-electron chi connectivity index (χ0n) is 11.8. The number of aromatic nitrogens is 2. The number of aryl methyl sites for hydroxylation is 1. The average Bonchev–Trinajstić information content (AvgIpc) is 3.26. The van der Waals surface area contributed by atoms with Crippen LogP contribution in [0, 0.1) is 0 Å². The molecule has 1 aliphatic rings. The van der Waals surface area contributed by atoms with Crippen molar-refractivity contribution in [3.63, 3.8) is 0 Å². The maximum Gasteiger partial charge on any atom is 0.264 e. The van der Waals surface area contributed by atoms with Gasteiger partial charge in [0, 0.05) is 5.92 Å². The fourth-order valence-electron chi connectivity index (χ4n) is 2.02. The first-order chi connectivity index (χ1) is 10.3. The Morgan fingerprint density at radius 3 is 2.95 bits per heavy atom. The lowest BCUT2D eigenvalue weighted by atomic mass is 10.1. The summed E-state index contributed by atoms with van der Waals surface area (Å²) in [4.78, 5) is 11.9. The van der Waals surface area contributed by atoms with E-state index in [-0.39, 0.29) is 12.5 Å². The molecular formula is C15H17N3O2S. The van der Waals surface area contributed by atoms with Crippen LogP contribution in [-0.4, -0.2) is 22.7 Å². The third-order valence-corrected chi connectivity index (χ3v) is 4.33. The quantitative estimate of drug-likeness (QED) is 0.891. The van der Waals surface area contributed by atoms with Gasteiger partial charge in [0.2, 0.25) is 5.13 Å². The van der Waals surface area contributed by atoms with E-state index in [1.54, 1.807) is 0 Å². The standard InChI is InChI=1S/C15H17N3O2S/c1-2-10-5-3-4-6-12(10)20-9-13(19)16-15-18-17-14(21-15)11-7-8-11/h3-6,11H,2,7-9H2,1H3,(H,16,18,19). The lowest BCUT2D eigenvalue weighted by Gasteiger charge is -2.09. The van der Waals surface area contributed by atoms with Gasteiger partial charge in [-0.2, -0.15) is 0 Å². The predicted octanol–water partition coefficient (Wildman–Crippen LogP) is 3.00. The lowest BCUT2D eigenvalue weighted by molar-refractivity contribution is -0.118. The Morgan fingerprint density at radius 2 is 2.19 bits per heavy atom. The summed E-state index contributed by atoms with van der Waals surface area (Å²) in [6.45, 7) is 2.04. The van der Waals surface area contributed by atoms with Gasteiger partial charge in [0.1, 0.15) is 10.8 Å². The molecule has 0 spiro atoms. The van der Waals surface area contributed by atoms with Gasteiger partial charge in [-0.15, -0.1) is 10.2 Å². The molecule has 1 aliphatic carbocycles. The van der Waals surface area contributed by atoms with Crippen molar-refractivity contribution < 1.29 is 9.53 Å². The monoisotopic (exact) mass is 303 g/mol. The van der Waals surface area contributed by atoms with Crippen LogP contribution in [-0.2, 0) is 11.2 Å². The molecule has 0 atom stereocenters. The van der Waals surface area contributed by atoms with Gasteiger partial charge in [-0.25, -0.2) is 0 Å². The highest BCUT2D eigenvalue weighted by molar-refractivity contribution is 7.15. The summed E-state index contributed by atoms with van der Waals surface area (Å²) in [7, 11) is 0. The highest BCUT2D eigenvalue weighted by Gasteiger charge is 2.27. The minimum Gasteiger partial charge on any atom is -0.483 e. The zero-order chi connectivity index (χ0) is 14.7. The summed E-state index contributed by atoms with van der Waals surface area (Å²) < 4.78 is 5.57. The predicted molar refractivity (Wildman–Crippen MR) is 81.8 cm³/mol. The van der Waals surface area contributed by atoms with E-state index in [0.717, 1.165) is 22.7 Å². The Hall–Kier alpha value is -1.95. The van der Waals surface area contributed by atoms with E-state index in [0.29, 0.717) is 11.0 Å². The number of para-hydroxylation sites is 1. The first kappa shape index (κ1) is 14.0. The molecule has 1 heterocycles. The Morgan fingerprint density at radius 1 is 1.38 bits per heavy atom. The van der Waals surface area contributed by atoms with E-state index in [1.165, 1.54) is 24.2 Å². The molecule has 1 saturated carbocycles. The number of carbonyl (C=O) groups is 1. The second-order valence-corrected chi connectivity index (χ2v) is 6.03. The van der Waals surface area contributed by atoms with Gasteiger partial charge in [-0.05, 0) is 30.9 Å². The maximum atomic E-state index is 11.9. The second-order valence-electron chi connectivity index (χ2n) is 5.02. The molecule has 0 aliphatic heterocycles. The smallest absolute Gasteiger partial charge is 0.264 e. The zero-order valence-corrected chi connectivity index (χ0v) is 12.7. The molecule has 2 aromatic rings. The molecule has 3 rings (SSSR count). The van der Waals surface area contributed by atoms with Crippen molar-refractivity contribution in [2.75, 3.05) is 11.9 Å².